The molecule has 0 aliphatic rings. The number of rotatable bonds is 40. The molecular weight excluding hydrogens is 695 g/mol. The Hall–Kier alpha value is -1.28. The molecule has 0 aromatic carbocycles. The highest BCUT2D eigenvalue weighted by Gasteiger charge is 2.24. The number of aliphatic hydroxyl groups is 1. The zero-order valence-corrected chi connectivity index (χ0v) is 36.8. The Morgan fingerprint density at radius 1 is 0.648 bits per heavy atom. The van der Waals surface area contributed by atoms with Crippen LogP contribution in [0.3, 0.4) is 0 Å². The molecule has 0 aromatic rings. The second-order valence-corrected chi connectivity index (χ2v) is 17.8. The number of hydrogen-bond donors (Lipinski definition) is 2. The summed E-state index contributed by atoms with van der Waals surface area (Å²) >= 11 is 0. The number of likely N-dealkylation sites (N-methyl/N-ethyl adjacent to an activating group) is 1. The van der Waals surface area contributed by atoms with E-state index in [2.05, 4.69) is 55.6 Å². The van der Waals surface area contributed by atoms with Crippen molar-refractivity contribution in [3.63, 3.8) is 0 Å². The van der Waals surface area contributed by atoms with Crippen LogP contribution < -0.4 is 10.2 Å². The molecule has 1 unspecified atom stereocenters. The van der Waals surface area contributed by atoms with Crippen LogP contribution in [0.25, 0.3) is 0 Å². The van der Waals surface area contributed by atoms with Gasteiger partial charge in [-0.25, -0.2) is 0 Å². The van der Waals surface area contributed by atoms with Crippen molar-refractivity contribution in [2.24, 2.45) is 0 Å². The summed E-state index contributed by atoms with van der Waals surface area (Å²) < 4.78 is 23.2. The number of phosphoric ester groups is 1. The maximum absolute atomic E-state index is 12.8. The summed E-state index contributed by atoms with van der Waals surface area (Å²) in [5, 5.41) is 13.9. The van der Waals surface area contributed by atoms with Gasteiger partial charge in [0, 0.05) is 6.42 Å². The molecule has 0 heterocycles. The highest BCUT2D eigenvalue weighted by Crippen LogP contribution is 2.38. The van der Waals surface area contributed by atoms with Crippen LogP contribution in [-0.2, 0) is 18.4 Å². The van der Waals surface area contributed by atoms with Gasteiger partial charge in [-0.2, -0.15) is 0 Å². The van der Waals surface area contributed by atoms with Gasteiger partial charge in [0.05, 0.1) is 39.9 Å². The average molecular weight is 783 g/mol. The van der Waals surface area contributed by atoms with E-state index in [9.17, 15) is 19.4 Å². The summed E-state index contributed by atoms with van der Waals surface area (Å²) in [7, 11) is 1.27. The zero-order chi connectivity index (χ0) is 40.0. The molecule has 0 bridgehead atoms. The summed E-state index contributed by atoms with van der Waals surface area (Å²) in [5.41, 5.74) is 0. The Balaban J connectivity index is 4.44. The molecule has 0 aliphatic carbocycles. The van der Waals surface area contributed by atoms with Crippen molar-refractivity contribution < 1.29 is 32.9 Å². The average Bonchev–Trinajstić information content (AvgIpc) is 3.12. The third-order valence-electron chi connectivity index (χ3n) is 9.85. The Bertz CT molecular complexity index is 980. The van der Waals surface area contributed by atoms with Crippen molar-refractivity contribution in [3.8, 4) is 0 Å². The third kappa shape index (κ3) is 39.0. The fraction of sp³-hybridized carbons (Fsp3) is 0.844. The number of phosphoric acid groups is 1. The van der Waals surface area contributed by atoms with E-state index in [0.29, 0.717) is 23.9 Å². The molecule has 0 fully saturated rings. The van der Waals surface area contributed by atoms with Gasteiger partial charge < -0.3 is 28.8 Å². The zero-order valence-electron chi connectivity index (χ0n) is 35.9. The lowest BCUT2D eigenvalue weighted by Gasteiger charge is -2.30. The number of nitrogens with zero attached hydrogens (tertiary/aromatic N) is 1. The van der Waals surface area contributed by atoms with Gasteiger partial charge in [-0.1, -0.05) is 153 Å². The van der Waals surface area contributed by atoms with Crippen molar-refractivity contribution in [2.75, 3.05) is 40.9 Å². The van der Waals surface area contributed by atoms with E-state index in [4.69, 9.17) is 9.05 Å². The van der Waals surface area contributed by atoms with E-state index in [0.717, 1.165) is 70.6 Å². The first-order valence-corrected chi connectivity index (χ1v) is 23.8. The maximum atomic E-state index is 12.8. The minimum atomic E-state index is -4.57. The molecule has 0 aromatic heterocycles. The monoisotopic (exact) mass is 783 g/mol. The quantitative estimate of drug-likeness (QED) is 0.0277. The highest BCUT2D eigenvalue weighted by atomic mass is 31.2. The Morgan fingerprint density at radius 2 is 1.07 bits per heavy atom. The summed E-state index contributed by atoms with van der Waals surface area (Å²) in [6, 6.07) is -0.823. The second kappa shape index (κ2) is 37.3. The van der Waals surface area contributed by atoms with Crippen molar-refractivity contribution in [3.05, 3.63) is 36.5 Å². The molecular formula is C45H87N2O6P. The van der Waals surface area contributed by atoms with Crippen molar-refractivity contribution in [1.29, 1.82) is 0 Å². The van der Waals surface area contributed by atoms with E-state index in [1.54, 1.807) is 0 Å². The summed E-state index contributed by atoms with van der Waals surface area (Å²) in [4.78, 5) is 25.3. The lowest BCUT2D eigenvalue weighted by molar-refractivity contribution is -0.870. The van der Waals surface area contributed by atoms with Crippen LogP contribution in [-0.4, -0.2) is 68.5 Å². The van der Waals surface area contributed by atoms with E-state index < -0.39 is 20.0 Å². The fourth-order valence-corrected chi connectivity index (χ4v) is 6.96. The smallest absolute Gasteiger partial charge is 0.268 e. The summed E-state index contributed by atoms with van der Waals surface area (Å²) in [5.74, 6) is -0.189. The number of unbranched alkanes of at least 4 members (excludes halogenated alkanes) is 21. The Labute approximate surface area is 334 Å². The van der Waals surface area contributed by atoms with Gasteiger partial charge in [-0.15, -0.1) is 0 Å². The van der Waals surface area contributed by atoms with Gasteiger partial charge in [0.25, 0.3) is 7.82 Å². The van der Waals surface area contributed by atoms with Gasteiger partial charge in [0.1, 0.15) is 13.2 Å². The standard InChI is InChI=1S/C45H87N2O6P/c1-6-8-10-12-14-16-18-20-22-23-25-26-28-30-32-34-36-38-44(48)43(42-53-54(50,51)52-41-40-47(3,4)5)46-45(49)39-37-35-33-31-29-27-24-21-19-17-15-13-11-9-7-2/h15,17,21,24,28,30,43-44,48H,6-14,16,18-20,22-23,25-27,29,31-42H2,1-5H3,(H-,46,49,50,51)/b17-15+,24-21+,30-28+/t43-,44+/m0/s1. The molecule has 3 atom stereocenters. The van der Waals surface area contributed by atoms with Gasteiger partial charge >= 0.3 is 0 Å². The van der Waals surface area contributed by atoms with Crippen LogP contribution in [0.5, 0.6) is 0 Å². The molecule has 9 heteroatoms. The van der Waals surface area contributed by atoms with Gasteiger partial charge in [-0.05, 0) is 70.6 Å². The summed E-state index contributed by atoms with van der Waals surface area (Å²) in [6.45, 7) is 4.65. The van der Waals surface area contributed by atoms with Gasteiger partial charge in [0.2, 0.25) is 5.91 Å². The van der Waals surface area contributed by atoms with E-state index >= 15 is 0 Å². The number of carbonyl (C=O) groups excluding carboxylic acids is 1. The van der Waals surface area contributed by atoms with Crippen LogP contribution in [0.1, 0.15) is 194 Å². The van der Waals surface area contributed by atoms with E-state index in [1.807, 2.05) is 21.1 Å². The van der Waals surface area contributed by atoms with Gasteiger partial charge in [0.15, 0.2) is 0 Å². The number of quaternary nitrogens is 1. The van der Waals surface area contributed by atoms with Crippen LogP contribution in [0.2, 0.25) is 0 Å². The molecule has 0 saturated carbocycles. The number of amides is 1. The first-order chi connectivity index (χ1) is 26.0. The molecule has 1 amide bonds. The molecule has 318 valence electrons. The lowest BCUT2D eigenvalue weighted by atomic mass is 10.0. The third-order valence-corrected chi connectivity index (χ3v) is 10.8. The predicted molar refractivity (Wildman–Crippen MR) is 228 cm³/mol. The molecule has 0 spiro atoms. The topological polar surface area (TPSA) is 108 Å². The summed E-state index contributed by atoms with van der Waals surface area (Å²) in [6.07, 6.45) is 44.3. The largest absolute Gasteiger partial charge is 0.756 e. The molecule has 2 N–H and O–H groups in total. The van der Waals surface area contributed by atoms with Crippen molar-refractivity contribution in [1.82, 2.24) is 5.32 Å². The Morgan fingerprint density at radius 3 is 1.59 bits per heavy atom. The number of allylic oxidation sites excluding steroid dienone is 6. The fourth-order valence-electron chi connectivity index (χ4n) is 6.24. The minimum Gasteiger partial charge on any atom is -0.756 e. The minimum absolute atomic E-state index is 0.00343. The van der Waals surface area contributed by atoms with Crippen LogP contribution >= 0.6 is 7.82 Å². The number of hydrogen-bond acceptors (Lipinski definition) is 6. The normalized spacial score (nSPS) is 14.7. The molecule has 0 radical (unpaired) electrons. The molecule has 54 heavy (non-hydrogen) atoms. The van der Waals surface area contributed by atoms with Crippen molar-refractivity contribution >= 4 is 13.7 Å². The maximum Gasteiger partial charge on any atom is 0.268 e. The first-order valence-electron chi connectivity index (χ1n) is 22.3. The van der Waals surface area contributed by atoms with E-state index in [-0.39, 0.29) is 19.1 Å². The molecule has 0 aliphatic heterocycles. The molecule has 0 rings (SSSR count). The van der Waals surface area contributed by atoms with Crippen molar-refractivity contribution in [2.45, 2.75) is 206 Å². The second-order valence-electron chi connectivity index (χ2n) is 16.4. The highest BCUT2D eigenvalue weighted by molar-refractivity contribution is 7.45. The number of carbonyl (C=O) groups is 1. The number of nitrogens with one attached hydrogen (secondary N) is 1. The van der Waals surface area contributed by atoms with Crippen LogP contribution in [0.15, 0.2) is 36.5 Å². The Kier molecular flexibility index (Phi) is 36.4. The molecule has 0 saturated heterocycles. The SMILES string of the molecule is CCCCC/C=C/C/C=C/CCCCCCCC(=O)N[C@@H](COP(=O)([O-])OCC[N+](C)(C)C)[C@H](O)CCCC/C=C/CCCCCCCCCCCCC. The van der Waals surface area contributed by atoms with Crippen LogP contribution in [0, 0.1) is 0 Å². The number of aliphatic hydroxyl groups excluding tert-OH is 1. The van der Waals surface area contributed by atoms with Crippen LogP contribution in [0.4, 0.5) is 0 Å². The van der Waals surface area contributed by atoms with E-state index in [1.165, 1.54) is 96.3 Å². The predicted octanol–water partition coefficient (Wildman–Crippen LogP) is 11.7. The molecule has 8 nitrogen and oxygen atoms in total. The lowest BCUT2D eigenvalue weighted by Crippen LogP contribution is -2.46. The van der Waals surface area contributed by atoms with Gasteiger partial charge in [-0.3, -0.25) is 9.36 Å². The first kappa shape index (κ1) is 52.7.